The van der Waals surface area contributed by atoms with E-state index in [-0.39, 0.29) is 11.6 Å². The van der Waals surface area contributed by atoms with Crippen molar-refractivity contribution in [2.45, 2.75) is 40.3 Å². The Balaban J connectivity index is 2.15. The molecule has 1 heterocycles. The van der Waals surface area contributed by atoms with Crippen LogP contribution in [0.15, 0.2) is 30.3 Å². The number of rotatable bonds is 5. The third kappa shape index (κ3) is 4.02. The Morgan fingerprint density at radius 1 is 1.19 bits per heavy atom. The predicted octanol–water partition coefficient (Wildman–Crippen LogP) is 4.13. The lowest BCUT2D eigenvalue weighted by atomic mass is 10.2. The zero-order valence-electron chi connectivity index (χ0n) is 12.9. The lowest BCUT2D eigenvalue weighted by Crippen LogP contribution is -2.22. The van der Waals surface area contributed by atoms with E-state index in [0.717, 1.165) is 17.8 Å². The molecule has 1 N–H and O–H groups in total. The first kappa shape index (κ1) is 15.4. The molecule has 2 rings (SSSR count). The van der Waals surface area contributed by atoms with Crippen molar-refractivity contribution >= 4 is 0 Å². The Bertz CT molecular complexity index is 626. The number of hydrogen-bond donors (Lipinski definition) is 1. The maximum atomic E-state index is 13.9. The third-order valence-corrected chi connectivity index (χ3v) is 3.24. The van der Waals surface area contributed by atoms with Gasteiger partial charge in [0.2, 0.25) is 5.88 Å². The fourth-order valence-electron chi connectivity index (χ4n) is 1.94. The Morgan fingerprint density at radius 3 is 2.62 bits per heavy atom. The van der Waals surface area contributed by atoms with E-state index in [4.69, 9.17) is 4.74 Å². The Kier molecular flexibility index (Phi) is 4.91. The molecule has 0 bridgehead atoms. The van der Waals surface area contributed by atoms with Gasteiger partial charge in [0.05, 0.1) is 0 Å². The summed E-state index contributed by atoms with van der Waals surface area (Å²) >= 11 is 0. The second kappa shape index (κ2) is 6.68. The number of benzene rings is 1. The van der Waals surface area contributed by atoms with E-state index in [9.17, 15) is 4.39 Å². The van der Waals surface area contributed by atoms with Crippen LogP contribution in [0.4, 0.5) is 4.39 Å². The molecule has 0 unspecified atom stereocenters. The van der Waals surface area contributed by atoms with Crippen LogP contribution < -0.4 is 10.1 Å². The third-order valence-electron chi connectivity index (χ3n) is 3.24. The second-order valence-corrected chi connectivity index (χ2v) is 5.42. The van der Waals surface area contributed by atoms with E-state index >= 15 is 0 Å². The van der Waals surface area contributed by atoms with Crippen molar-refractivity contribution in [1.82, 2.24) is 10.3 Å². The molecule has 0 atom stereocenters. The molecule has 2 aromatic rings. The van der Waals surface area contributed by atoms with Gasteiger partial charge in [0.25, 0.3) is 0 Å². The van der Waals surface area contributed by atoms with Gasteiger partial charge in [-0.25, -0.2) is 9.37 Å². The van der Waals surface area contributed by atoms with Gasteiger partial charge in [-0.05, 0) is 31.0 Å². The number of halogens is 1. The number of nitrogens with zero attached hydrogens (tertiary/aromatic N) is 1. The summed E-state index contributed by atoms with van der Waals surface area (Å²) in [6.07, 6.45) is 0. The first-order valence-electron chi connectivity index (χ1n) is 7.10. The summed E-state index contributed by atoms with van der Waals surface area (Å²) in [5.41, 5.74) is 2.55. The van der Waals surface area contributed by atoms with Crippen molar-refractivity contribution in [3.63, 3.8) is 0 Å². The molecule has 0 saturated carbocycles. The maximum Gasteiger partial charge on any atom is 0.219 e. The summed E-state index contributed by atoms with van der Waals surface area (Å²) in [5, 5.41) is 3.35. The van der Waals surface area contributed by atoms with Gasteiger partial charge < -0.3 is 10.1 Å². The molecule has 3 nitrogen and oxygen atoms in total. The first-order valence-corrected chi connectivity index (χ1v) is 7.10. The lowest BCUT2D eigenvalue weighted by molar-refractivity contribution is 0.424. The maximum absolute atomic E-state index is 13.9. The van der Waals surface area contributed by atoms with Crippen LogP contribution in [0.25, 0.3) is 0 Å². The zero-order valence-corrected chi connectivity index (χ0v) is 12.9. The van der Waals surface area contributed by atoms with E-state index in [0.29, 0.717) is 17.5 Å². The molecular formula is C17H21FN2O. The minimum absolute atomic E-state index is 0.204. The number of nitrogens with one attached hydrogen (secondary N) is 1. The van der Waals surface area contributed by atoms with Crippen LogP contribution in [0.2, 0.25) is 0 Å². The number of ether oxygens (including phenoxy) is 1. The van der Waals surface area contributed by atoms with E-state index in [1.54, 1.807) is 31.2 Å². The number of pyridine rings is 1. The number of aromatic nitrogens is 1. The van der Waals surface area contributed by atoms with E-state index in [1.807, 2.05) is 13.0 Å². The molecular weight excluding hydrogens is 267 g/mol. The fourth-order valence-corrected chi connectivity index (χ4v) is 1.94. The largest absolute Gasteiger partial charge is 0.436 e. The molecule has 0 radical (unpaired) electrons. The van der Waals surface area contributed by atoms with Crippen molar-refractivity contribution in [1.29, 1.82) is 0 Å². The molecule has 21 heavy (non-hydrogen) atoms. The predicted molar refractivity (Wildman–Crippen MR) is 82.2 cm³/mol. The Morgan fingerprint density at radius 2 is 1.95 bits per heavy atom. The van der Waals surface area contributed by atoms with Crippen LogP contribution in [0.3, 0.4) is 0 Å². The Hall–Kier alpha value is -1.94. The lowest BCUT2D eigenvalue weighted by Gasteiger charge is -2.12. The van der Waals surface area contributed by atoms with E-state index in [1.165, 1.54) is 0 Å². The van der Waals surface area contributed by atoms with E-state index in [2.05, 4.69) is 24.1 Å². The van der Waals surface area contributed by atoms with Crippen LogP contribution >= 0.6 is 0 Å². The first-order chi connectivity index (χ1) is 9.97. The van der Waals surface area contributed by atoms with Crippen molar-refractivity contribution in [2.75, 3.05) is 0 Å². The fraction of sp³-hybridized carbons (Fsp3) is 0.353. The summed E-state index contributed by atoms with van der Waals surface area (Å²) in [6, 6.07) is 9.23. The molecule has 1 aromatic carbocycles. The monoisotopic (exact) mass is 288 g/mol. The summed E-state index contributed by atoms with van der Waals surface area (Å²) in [4.78, 5) is 4.39. The van der Waals surface area contributed by atoms with Gasteiger partial charge in [-0.15, -0.1) is 0 Å². The highest BCUT2D eigenvalue weighted by Gasteiger charge is 2.09. The van der Waals surface area contributed by atoms with Crippen LogP contribution in [-0.4, -0.2) is 11.0 Å². The highest BCUT2D eigenvalue weighted by Crippen LogP contribution is 2.25. The van der Waals surface area contributed by atoms with Gasteiger partial charge in [-0.2, -0.15) is 0 Å². The summed E-state index contributed by atoms with van der Waals surface area (Å²) in [6.45, 7) is 8.59. The second-order valence-electron chi connectivity index (χ2n) is 5.42. The SMILES string of the molecule is Cc1cccc(Oc2ccc(CNC(C)C)c(C)n2)c1F. The molecule has 0 fully saturated rings. The number of aryl methyl sites for hydroxylation is 2. The molecule has 0 aliphatic carbocycles. The van der Waals surface area contributed by atoms with Gasteiger partial charge >= 0.3 is 0 Å². The van der Waals surface area contributed by atoms with Crippen molar-refractivity contribution in [2.24, 2.45) is 0 Å². The highest BCUT2D eigenvalue weighted by atomic mass is 19.1. The topological polar surface area (TPSA) is 34.1 Å². The molecule has 0 amide bonds. The quantitative estimate of drug-likeness (QED) is 0.898. The van der Waals surface area contributed by atoms with Crippen molar-refractivity contribution in [3.05, 3.63) is 53.0 Å². The average Bonchev–Trinajstić information content (AvgIpc) is 2.43. The normalized spacial score (nSPS) is 11.0. The molecule has 112 valence electrons. The van der Waals surface area contributed by atoms with Crippen LogP contribution in [0.1, 0.15) is 30.7 Å². The zero-order chi connectivity index (χ0) is 15.4. The molecule has 0 spiro atoms. The standard InChI is InChI=1S/C17H21FN2O/c1-11(2)19-10-14-8-9-16(20-13(14)4)21-15-7-5-6-12(3)17(15)18/h5-9,11,19H,10H2,1-4H3. The van der Waals surface area contributed by atoms with Gasteiger partial charge in [0.1, 0.15) is 0 Å². The molecule has 0 aliphatic heterocycles. The van der Waals surface area contributed by atoms with Crippen molar-refractivity contribution < 1.29 is 9.13 Å². The van der Waals surface area contributed by atoms with Gasteiger partial charge in [-0.1, -0.05) is 32.0 Å². The number of hydrogen-bond acceptors (Lipinski definition) is 3. The van der Waals surface area contributed by atoms with Crippen LogP contribution in [0.5, 0.6) is 11.6 Å². The average molecular weight is 288 g/mol. The van der Waals surface area contributed by atoms with Crippen molar-refractivity contribution in [3.8, 4) is 11.6 Å². The molecule has 4 heteroatoms. The Labute approximate surface area is 125 Å². The van der Waals surface area contributed by atoms with Gasteiger partial charge in [0, 0.05) is 24.3 Å². The highest BCUT2D eigenvalue weighted by molar-refractivity contribution is 5.34. The summed E-state index contributed by atoms with van der Waals surface area (Å²) < 4.78 is 19.5. The minimum Gasteiger partial charge on any atom is -0.436 e. The van der Waals surface area contributed by atoms with Crippen LogP contribution in [-0.2, 0) is 6.54 Å². The molecule has 0 aliphatic rings. The summed E-state index contributed by atoms with van der Waals surface area (Å²) in [5.74, 6) is 0.266. The molecule has 0 saturated heterocycles. The van der Waals surface area contributed by atoms with Gasteiger partial charge in [0.15, 0.2) is 11.6 Å². The van der Waals surface area contributed by atoms with Crippen LogP contribution in [0, 0.1) is 19.7 Å². The van der Waals surface area contributed by atoms with Gasteiger partial charge in [-0.3, -0.25) is 0 Å². The molecule has 1 aromatic heterocycles. The smallest absolute Gasteiger partial charge is 0.219 e. The summed E-state index contributed by atoms with van der Waals surface area (Å²) in [7, 11) is 0. The minimum atomic E-state index is -0.345. The van der Waals surface area contributed by atoms with E-state index < -0.39 is 0 Å².